The van der Waals surface area contributed by atoms with Crippen LogP contribution in [-0.2, 0) is 11.3 Å². The molecule has 3 rings (SSSR count). The van der Waals surface area contributed by atoms with Crippen LogP contribution in [0.1, 0.15) is 38.7 Å². The zero-order chi connectivity index (χ0) is 17.6. The minimum absolute atomic E-state index is 0.0431. The van der Waals surface area contributed by atoms with Crippen molar-refractivity contribution in [2.45, 2.75) is 45.7 Å². The normalized spacial score (nSPS) is 16.8. The number of nitrogens with zero attached hydrogens (tertiary/aromatic N) is 4. The third-order valence-electron chi connectivity index (χ3n) is 4.73. The fourth-order valence-electron chi connectivity index (χ4n) is 3.45. The zero-order valence-electron chi connectivity index (χ0n) is 15.1. The average Bonchev–Trinajstić information content (AvgIpc) is 3.16. The van der Waals surface area contributed by atoms with E-state index in [1.54, 1.807) is 18.7 Å². The summed E-state index contributed by atoms with van der Waals surface area (Å²) in [6.07, 6.45) is 10.8. The van der Waals surface area contributed by atoms with Gasteiger partial charge in [-0.2, -0.15) is 0 Å². The summed E-state index contributed by atoms with van der Waals surface area (Å²) in [7, 11) is 0. The molecule has 6 heteroatoms. The molecule has 1 unspecified atom stereocenters. The molecule has 1 amide bonds. The Kier molecular flexibility index (Phi) is 5.81. The van der Waals surface area contributed by atoms with Crippen molar-refractivity contribution in [1.29, 1.82) is 0 Å². The van der Waals surface area contributed by atoms with Gasteiger partial charge in [0.1, 0.15) is 12.1 Å². The molecule has 1 fully saturated rings. The van der Waals surface area contributed by atoms with Crippen LogP contribution in [0.15, 0.2) is 37.1 Å². The number of hydrogen-bond donors (Lipinski definition) is 1. The Morgan fingerprint density at radius 1 is 1.24 bits per heavy atom. The maximum atomic E-state index is 12.7. The van der Waals surface area contributed by atoms with E-state index in [1.807, 2.05) is 22.9 Å². The summed E-state index contributed by atoms with van der Waals surface area (Å²) < 4.78 is 1.85. The fraction of sp³-hybridized carbons (Fsp3) is 0.526. The maximum Gasteiger partial charge on any atom is 0.237 e. The Morgan fingerprint density at radius 3 is 2.64 bits per heavy atom. The van der Waals surface area contributed by atoms with Gasteiger partial charge in [-0.3, -0.25) is 14.3 Å². The van der Waals surface area contributed by atoms with E-state index in [0.29, 0.717) is 12.5 Å². The number of rotatable bonds is 6. The van der Waals surface area contributed by atoms with Crippen molar-refractivity contribution < 1.29 is 4.79 Å². The molecular weight excluding hydrogens is 314 g/mol. The molecule has 2 aromatic rings. The zero-order valence-corrected chi connectivity index (χ0v) is 15.1. The van der Waals surface area contributed by atoms with E-state index in [4.69, 9.17) is 0 Å². The molecule has 0 spiro atoms. The average molecular weight is 341 g/mol. The van der Waals surface area contributed by atoms with Gasteiger partial charge in [0.2, 0.25) is 5.91 Å². The highest BCUT2D eigenvalue weighted by Gasteiger charge is 2.29. The van der Waals surface area contributed by atoms with Gasteiger partial charge < -0.3 is 5.32 Å². The molecule has 1 atom stereocenters. The Hall–Kier alpha value is -2.21. The van der Waals surface area contributed by atoms with E-state index in [0.717, 1.165) is 24.5 Å². The first-order chi connectivity index (χ1) is 12.1. The summed E-state index contributed by atoms with van der Waals surface area (Å²) in [6, 6.07) is 3.89. The van der Waals surface area contributed by atoms with Crippen LogP contribution < -0.4 is 5.32 Å². The molecule has 0 aliphatic carbocycles. The van der Waals surface area contributed by atoms with Crippen LogP contribution in [0.25, 0.3) is 5.82 Å². The number of likely N-dealkylation sites (tertiary alicyclic amines) is 1. The van der Waals surface area contributed by atoms with Gasteiger partial charge in [0.15, 0.2) is 0 Å². The third-order valence-corrected chi connectivity index (χ3v) is 4.73. The summed E-state index contributed by atoms with van der Waals surface area (Å²) in [5, 5.41) is 3.09. The lowest BCUT2D eigenvalue weighted by atomic mass is 9.98. The van der Waals surface area contributed by atoms with Crippen molar-refractivity contribution >= 4 is 5.91 Å². The van der Waals surface area contributed by atoms with Gasteiger partial charge in [-0.15, -0.1) is 0 Å². The number of carbonyl (C=O) groups is 1. The Bertz CT molecular complexity index is 660. The number of nitrogens with one attached hydrogen (secondary N) is 1. The highest BCUT2D eigenvalue weighted by molar-refractivity contribution is 5.82. The Morgan fingerprint density at radius 2 is 2.04 bits per heavy atom. The lowest BCUT2D eigenvalue weighted by Gasteiger charge is -2.35. The second-order valence-electron chi connectivity index (χ2n) is 7.00. The van der Waals surface area contributed by atoms with Crippen molar-refractivity contribution in [3.8, 4) is 5.82 Å². The fourth-order valence-corrected chi connectivity index (χ4v) is 3.45. The molecule has 1 saturated heterocycles. The summed E-state index contributed by atoms with van der Waals surface area (Å²) >= 11 is 0. The third kappa shape index (κ3) is 4.45. The molecule has 1 aliphatic heterocycles. The van der Waals surface area contributed by atoms with Gasteiger partial charge in [0.25, 0.3) is 0 Å². The highest BCUT2D eigenvalue weighted by Crippen LogP contribution is 2.18. The second-order valence-corrected chi connectivity index (χ2v) is 7.00. The van der Waals surface area contributed by atoms with E-state index in [9.17, 15) is 4.79 Å². The number of aromatic nitrogens is 3. The first kappa shape index (κ1) is 17.6. The van der Waals surface area contributed by atoms with Crippen LogP contribution in [0.5, 0.6) is 0 Å². The maximum absolute atomic E-state index is 12.7. The van der Waals surface area contributed by atoms with E-state index in [1.165, 1.54) is 19.3 Å². The molecule has 6 nitrogen and oxygen atoms in total. The molecule has 0 radical (unpaired) electrons. The smallest absolute Gasteiger partial charge is 0.237 e. The molecule has 1 aliphatic rings. The molecule has 0 aromatic carbocycles. The molecule has 134 valence electrons. The number of carbonyl (C=O) groups excluding carboxylic acids is 1. The Balaban J connectivity index is 1.58. The van der Waals surface area contributed by atoms with Crippen molar-refractivity contribution in [3.05, 3.63) is 42.6 Å². The van der Waals surface area contributed by atoms with Crippen molar-refractivity contribution in [2.24, 2.45) is 5.92 Å². The predicted molar refractivity (Wildman–Crippen MR) is 97.3 cm³/mol. The van der Waals surface area contributed by atoms with E-state index < -0.39 is 0 Å². The van der Waals surface area contributed by atoms with Crippen molar-refractivity contribution in [1.82, 2.24) is 24.8 Å². The van der Waals surface area contributed by atoms with Gasteiger partial charge in [-0.05, 0) is 43.5 Å². The SMILES string of the molecule is CC(C)C(C(=O)NCc1ccc(-n2ccnc2)nc1)N1CCCCC1. The molecule has 2 aromatic heterocycles. The van der Waals surface area contributed by atoms with Crippen molar-refractivity contribution in [3.63, 3.8) is 0 Å². The second kappa shape index (κ2) is 8.25. The minimum Gasteiger partial charge on any atom is -0.351 e. The van der Waals surface area contributed by atoms with Crippen LogP contribution in [0.2, 0.25) is 0 Å². The quantitative estimate of drug-likeness (QED) is 0.876. The largest absolute Gasteiger partial charge is 0.351 e. The summed E-state index contributed by atoms with van der Waals surface area (Å²) in [5.74, 6) is 1.25. The van der Waals surface area contributed by atoms with Gasteiger partial charge >= 0.3 is 0 Å². The van der Waals surface area contributed by atoms with E-state index >= 15 is 0 Å². The standard InChI is InChI=1S/C19H27N5O/c1-15(2)18(23-9-4-3-5-10-23)19(25)22-13-16-6-7-17(21-12-16)24-11-8-20-14-24/h6-8,11-12,14-15,18H,3-5,9-10,13H2,1-2H3,(H,22,25). The lowest BCUT2D eigenvalue weighted by molar-refractivity contribution is -0.128. The van der Waals surface area contributed by atoms with E-state index in [-0.39, 0.29) is 11.9 Å². The van der Waals surface area contributed by atoms with Gasteiger partial charge in [-0.25, -0.2) is 9.97 Å². The van der Waals surface area contributed by atoms with Gasteiger partial charge in [0.05, 0.1) is 6.04 Å². The van der Waals surface area contributed by atoms with Gasteiger partial charge in [-0.1, -0.05) is 26.3 Å². The number of amides is 1. The first-order valence-electron chi connectivity index (χ1n) is 9.10. The number of pyridine rings is 1. The summed E-state index contributed by atoms with van der Waals surface area (Å²) in [4.78, 5) is 23.5. The predicted octanol–water partition coefficient (Wildman–Crippen LogP) is 2.39. The van der Waals surface area contributed by atoms with Crippen molar-refractivity contribution in [2.75, 3.05) is 13.1 Å². The monoisotopic (exact) mass is 341 g/mol. The van der Waals surface area contributed by atoms with Crippen LogP contribution >= 0.6 is 0 Å². The number of piperidine rings is 1. The van der Waals surface area contributed by atoms with E-state index in [2.05, 4.69) is 34.0 Å². The molecule has 0 saturated carbocycles. The first-order valence-corrected chi connectivity index (χ1v) is 9.10. The summed E-state index contributed by atoms with van der Waals surface area (Å²) in [6.45, 7) is 6.81. The Labute approximate surface area is 149 Å². The highest BCUT2D eigenvalue weighted by atomic mass is 16.2. The molecule has 3 heterocycles. The van der Waals surface area contributed by atoms with Crippen LogP contribution in [-0.4, -0.2) is 44.5 Å². The molecule has 0 bridgehead atoms. The van der Waals surface area contributed by atoms with Crippen LogP contribution in [0, 0.1) is 5.92 Å². The van der Waals surface area contributed by atoms with Crippen LogP contribution in [0.3, 0.4) is 0 Å². The van der Waals surface area contributed by atoms with Crippen LogP contribution in [0.4, 0.5) is 0 Å². The lowest BCUT2D eigenvalue weighted by Crippen LogP contribution is -2.51. The molecule has 1 N–H and O–H groups in total. The minimum atomic E-state index is -0.0431. The molecule has 25 heavy (non-hydrogen) atoms. The summed E-state index contributed by atoms with van der Waals surface area (Å²) in [5.41, 5.74) is 0.998. The topological polar surface area (TPSA) is 63.1 Å². The molecular formula is C19H27N5O. The van der Waals surface area contributed by atoms with Gasteiger partial charge in [0, 0.05) is 25.1 Å². The number of hydrogen-bond acceptors (Lipinski definition) is 4. The number of imidazole rings is 1.